The van der Waals surface area contributed by atoms with Gasteiger partial charge in [-0.25, -0.2) is 4.98 Å². The number of alkyl halides is 3. The minimum Gasteiger partial charge on any atom is -0.346 e. The van der Waals surface area contributed by atoms with Crippen LogP contribution >= 0.6 is 23.2 Å². The summed E-state index contributed by atoms with van der Waals surface area (Å²) in [6, 6.07) is 4.26. The van der Waals surface area contributed by atoms with E-state index in [1.807, 2.05) is 0 Å². The van der Waals surface area contributed by atoms with E-state index in [4.69, 9.17) is 23.2 Å². The summed E-state index contributed by atoms with van der Waals surface area (Å²) < 4.78 is 41.3. The zero-order valence-electron chi connectivity index (χ0n) is 13.0. The van der Waals surface area contributed by atoms with Gasteiger partial charge in [0.2, 0.25) is 0 Å². The number of nitrogens with zero attached hydrogens (tertiary/aromatic N) is 2. The molecule has 0 atom stereocenters. The first-order chi connectivity index (χ1) is 10.9. The van der Waals surface area contributed by atoms with Gasteiger partial charge in [-0.15, -0.1) is 0 Å². The first-order valence-corrected chi connectivity index (χ1v) is 7.59. The van der Waals surface area contributed by atoms with E-state index < -0.39 is 29.0 Å². The number of imidazole rings is 1. The van der Waals surface area contributed by atoms with Gasteiger partial charge in [0.25, 0.3) is 5.91 Å². The predicted octanol–water partition coefficient (Wildman–Crippen LogP) is 4.73. The molecule has 2 aromatic rings. The fraction of sp³-hybridized carbons (Fsp3) is 0.333. The van der Waals surface area contributed by atoms with Crippen molar-refractivity contribution in [2.75, 3.05) is 0 Å². The fourth-order valence-corrected chi connectivity index (χ4v) is 2.43. The summed E-state index contributed by atoms with van der Waals surface area (Å²) >= 11 is 11.9. The van der Waals surface area contributed by atoms with Crippen LogP contribution in [0.4, 0.5) is 13.2 Å². The Hall–Kier alpha value is -1.73. The molecule has 1 aromatic heterocycles. The van der Waals surface area contributed by atoms with Crippen molar-refractivity contribution in [3.05, 3.63) is 46.0 Å². The minimum absolute atomic E-state index is 0.0150. The molecule has 24 heavy (non-hydrogen) atoms. The van der Waals surface area contributed by atoms with Crippen molar-refractivity contribution >= 4 is 29.1 Å². The topological polar surface area (TPSA) is 46.9 Å². The molecule has 0 unspecified atom stereocenters. The van der Waals surface area contributed by atoms with Crippen LogP contribution in [-0.4, -0.2) is 21.0 Å². The van der Waals surface area contributed by atoms with Crippen molar-refractivity contribution in [2.45, 2.75) is 32.5 Å². The summed E-state index contributed by atoms with van der Waals surface area (Å²) in [5, 5.41) is 2.49. The van der Waals surface area contributed by atoms with E-state index in [1.54, 1.807) is 20.8 Å². The number of aromatic nitrogens is 2. The highest BCUT2D eigenvalue weighted by atomic mass is 35.5. The number of halogens is 5. The number of hydrogen-bond acceptors (Lipinski definition) is 2. The SMILES string of the molecule is CC(C)(C)NC(=O)c1ncn(-c2cccc(Cl)c2Cl)c1C(F)(F)F. The van der Waals surface area contributed by atoms with Gasteiger partial charge in [-0.2, -0.15) is 13.2 Å². The van der Waals surface area contributed by atoms with E-state index in [-0.39, 0.29) is 15.7 Å². The lowest BCUT2D eigenvalue weighted by Gasteiger charge is -2.21. The monoisotopic (exact) mass is 379 g/mol. The maximum atomic E-state index is 13.5. The van der Waals surface area contributed by atoms with Gasteiger partial charge in [0.05, 0.1) is 15.7 Å². The van der Waals surface area contributed by atoms with Gasteiger partial charge in [0.1, 0.15) is 6.33 Å². The average molecular weight is 380 g/mol. The molecule has 1 N–H and O–H groups in total. The molecule has 9 heteroatoms. The van der Waals surface area contributed by atoms with E-state index in [2.05, 4.69) is 10.3 Å². The Bertz CT molecular complexity index is 779. The zero-order chi connectivity index (χ0) is 18.3. The van der Waals surface area contributed by atoms with Gasteiger partial charge in [0, 0.05) is 5.54 Å². The molecule has 0 saturated carbocycles. The zero-order valence-corrected chi connectivity index (χ0v) is 14.5. The summed E-state index contributed by atoms with van der Waals surface area (Å²) in [4.78, 5) is 15.8. The number of rotatable bonds is 2. The van der Waals surface area contributed by atoms with Gasteiger partial charge >= 0.3 is 6.18 Å². The van der Waals surface area contributed by atoms with Crippen molar-refractivity contribution < 1.29 is 18.0 Å². The summed E-state index contributed by atoms with van der Waals surface area (Å²) in [6.07, 6.45) is -3.91. The highest BCUT2D eigenvalue weighted by Gasteiger charge is 2.41. The molecule has 0 aliphatic heterocycles. The smallest absolute Gasteiger partial charge is 0.346 e. The molecule has 1 amide bonds. The van der Waals surface area contributed by atoms with Crippen LogP contribution in [0, 0.1) is 0 Å². The number of carbonyl (C=O) groups excluding carboxylic acids is 1. The quantitative estimate of drug-likeness (QED) is 0.819. The fourth-order valence-electron chi connectivity index (χ4n) is 2.05. The molecular weight excluding hydrogens is 366 g/mol. The Balaban J connectivity index is 2.64. The summed E-state index contributed by atoms with van der Waals surface area (Å²) in [5.74, 6) is -0.924. The Morgan fingerprint density at radius 1 is 1.21 bits per heavy atom. The van der Waals surface area contributed by atoms with Crippen LogP contribution in [0.15, 0.2) is 24.5 Å². The van der Waals surface area contributed by atoms with Crippen LogP contribution in [0.2, 0.25) is 10.0 Å². The van der Waals surface area contributed by atoms with Gasteiger partial charge in [0.15, 0.2) is 11.4 Å². The third kappa shape index (κ3) is 3.84. The Kier molecular flexibility index (Phi) is 4.88. The minimum atomic E-state index is -4.81. The normalized spacial score (nSPS) is 12.3. The molecule has 1 heterocycles. The van der Waals surface area contributed by atoms with Crippen LogP contribution in [0.25, 0.3) is 5.69 Å². The van der Waals surface area contributed by atoms with Crippen molar-refractivity contribution in [1.29, 1.82) is 0 Å². The Morgan fingerprint density at radius 2 is 1.83 bits per heavy atom. The van der Waals surface area contributed by atoms with E-state index in [1.165, 1.54) is 18.2 Å². The van der Waals surface area contributed by atoms with Crippen molar-refractivity contribution in [2.24, 2.45) is 0 Å². The number of nitrogens with one attached hydrogen (secondary N) is 1. The summed E-state index contributed by atoms with van der Waals surface area (Å²) in [6.45, 7) is 4.97. The highest BCUT2D eigenvalue weighted by Crippen LogP contribution is 2.36. The second kappa shape index (κ2) is 6.29. The number of hydrogen-bond donors (Lipinski definition) is 1. The lowest BCUT2D eigenvalue weighted by molar-refractivity contribution is -0.142. The second-order valence-corrected chi connectivity index (χ2v) is 6.87. The third-order valence-corrected chi connectivity index (χ3v) is 3.74. The van der Waals surface area contributed by atoms with Gasteiger partial charge < -0.3 is 5.32 Å². The molecule has 0 aliphatic carbocycles. The molecule has 0 saturated heterocycles. The van der Waals surface area contributed by atoms with Crippen LogP contribution in [0.5, 0.6) is 0 Å². The molecule has 0 fully saturated rings. The Morgan fingerprint density at radius 3 is 2.38 bits per heavy atom. The lowest BCUT2D eigenvalue weighted by Crippen LogP contribution is -2.41. The van der Waals surface area contributed by atoms with Gasteiger partial charge in [-0.05, 0) is 32.9 Å². The average Bonchev–Trinajstić information content (AvgIpc) is 2.84. The van der Waals surface area contributed by atoms with E-state index in [0.29, 0.717) is 4.57 Å². The van der Waals surface area contributed by atoms with Crippen LogP contribution < -0.4 is 5.32 Å². The third-order valence-electron chi connectivity index (χ3n) is 2.93. The molecule has 0 spiro atoms. The maximum absolute atomic E-state index is 13.5. The summed E-state index contributed by atoms with van der Waals surface area (Å²) in [5.41, 5.74) is -2.67. The number of benzene rings is 1. The van der Waals surface area contributed by atoms with Crippen LogP contribution in [-0.2, 0) is 6.18 Å². The van der Waals surface area contributed by atoms with Gasteiger partial charge in [-0.1, -0.05) is 29.3 Å². The molecule has 0 bridgehead atoms. The maximum Gasteiger partial charge on any atom is 0.434 e. The van der Waals surface area contributed by atoms with Crippen LogP contribution in [0.1, 0.15) is 37.0 Å². The number of carbonyl (C=O) groups is 1. The van der Waals surface area contributed by atoms with Gasteiger partial charge in [-0.3, -0.25) is 9.36 Å². The number of amides is 1. The predicted molar refractivity (Wildman–Crippen MR) is 85.8 cm³/mol. The van der Waals surface area contributed by atoms with E-state index in [9.17, 15) is 18.0 Å². The molecule has 0 radical (unpaired) electrons. The molecule has 130 valence electrons. The van der Waals surface area contributed by atoms with Crippen molar-refractivity contribution in [3.8, 4) is 5.69 Å². The summed E-state index contributed by atoms with van der Waals surface area (Å²) in [7, 11) is 0. The van der Waals surface area contributed by atoms with Crippen molar-refractivity contribution in [3.63, 3.8) is 0 Å². The molecular formula is C15H14Cl2F3N3O. The molecule has 0 aliphatic rings. The van der Waals surface area contributed by atoms with Crippen molar-refractivity contribution in [1.82, 2.24) is 14.9 Å². The standard InChI is InChI=1S/C15H14Cl2F3N3O/c1-14(2,3)22-13(24)11-12(15(18,19)20)23(7-21-11)9-6-4-5-8(16)10(9)17/h4-7H,1-3H3,(H,22,24). The molecule has 2 rings (SSSR count). The first-order valence-electron chi connectivity index (χ1n) is 6.83. The van der Waals surface area contributed by atoms with E-state index >= 15 is 0 Å². The highest BCUT2D eigenvalue weighted by molar-refractivity contribution is 6.43. The molecule has 1 aromatic carbocycles. The lowest BCUT2D eigenvalue weighted by atomic mass is 10.1. The Labute approximate surface area is 146 Å². The first kappa shape index (κ1) is 18.6. The largest absolute Gasteiger partial charge is 0.434 e. The molecule has 4 nitrogen and oxygen atoms in total. The van der Waals surface area contributed by atoms with E-state index in [0.717, 1.165) is 6.33 Å². The van der Waals surface area contributed by atoms with Crippen LogP contribution in [0.3, 0.4) is 0 Å². The second-order valence-electron chi connectivity index (χ2n) is 6.09.